The average molecular weight is 263 g/mol. The van der Waals surface area contributed by atoms with E-state index in [4.69, 9.17) is 4.74 Å². The van der Waals surface area contributed by atoms with Gasteiger partial charge in [0.1, 0.15) is 11.4 Å². The number of methoxy groups -OCH3 is 1. The lowest BCUT2D eigenvalue weighted by Gasteiger charge is -2.37. The lowest BCUT2D eigenvalue weighted by atomic mass is 9.78. The zero-order valence-electron chi connectivity index (χ0n) is 12.4. The van der Waals surface area contributed by atoms with Crippen molar-refractivity contribution in [2.75, 3.05) is 13.7 Å². The summed E-state index contributed by atoms with van der Waals surface area (Å²) in [5, 5.41) is 14.4. The third-order valence-electron chi connectivity index (χ3n) is 3.76. The van der Waals surface area contributed by atoms with Crippen LogP contribution < -0.4 is 10.1 Å². The van der Waals surface area contributed by atoms with Crippen molar-refractivity contribution in [2.45, 2.75) is 51.2 Å². The Hall–Kier alpha value is -1.06. The molecule has 1 aromatic carbocycles. The van der Waals surface area contributed by atoms with Crippen molar-refractivity contribution in [3.63, 3.8) is 0 Å². The van der Waals surface area contributed by atoms with Crippen molar-refractivity contribution in [2.24, 2.45) is 0 Å². The Morgan fingerprint density at radius 3 is 2.74 bits per heavy atom. The second-order valence-corrected chi connectivity index (χ2v) is 6.51. The highest BCUT2D eigenvalue weighted by Crippen LogP contribution is 2.36. The van der Waals surface area contributed by atoms with Crippen LogP contribution in [0.1, 0.15) is 44.7 Å². The standard InChI is InChI=1S/C16H25NO2/c1-15(2,3)17-11-16(18)9-5-6-12-10-13(19-4)7-8-14(12)16/h7-8,10,17-18H,5-6,9,11H2,1-4H3. The van der Waals surface area contributed by atoms with Gasteiger partial charge < -0.3 is 15.2 Å². The van der Waals surface area contributed by atoms with Crippen molar-refractivity contribution >= 4 is 0 Å². The van der Waals surface area contributed by atoms with E-state index in [2.05, 4.69) is 32.2 Å². The maximum absolute atomic E-state index is 10.9. The van der Waals surface area contributed by atoms with E-state index >= 15 is 0 Å². The number of β-amino-alcohol motifs (C(OH)–C–C–N with tert-alkyl or cyclic N) is 1. The molecule has 1 atom stereocenters. The summed E-state index contributed by atoms with van der Waals surface area (Å²) in [7, 11) is 1.68. The molecule has 1 aliphatic rings. The van der Waals surface area contributed by atoms with Gasteiger partial charge in [-0.1, -0.05) is 6.07 Å². The van der Waals surface area contributed by atoms with Gasteiger partial charge in [0.2, 0.25) is 0 Å². The van der Waals surface area contributed by atoms with Gasteiger partial charge in [0, 0.05) is 12.1 Å². The number of hydrogen-bond donors (Lipinski definition) is 2. The molecule has 3 nitrogen and oxygen atoms in total. The predicted octanol–water partition coefficient (Wildman–Crippen LogP) is 2.61. The van der Waals surface area contributed by atoms with Crippen LogP contribution in [0.2, 0.25) is 0 Å². The molecule has 2 rings (SSSR count). The minimum absolute atomic E-state index is 0.0137. The van der Waals surface area contributed by atoms with Gasteiger partial charge in [0.05, 0.1) is 7.11 Å². The lowest BCUT2D eigenvalue weighted by Crippen LogP contribution is -2.47. The van der Waals surface area contributed by atoms with Gasteiger partial charge in [0.15, 0.2) is 0 Å². The molecule has 1 aromatic rings. The quantitative estimate of drug-likeness (QED) is 0.881. The summed E-state index contributed by atoms with van der Waals surface area (Å²) in [6.07, 6.45) is 2.85. The van der Waals surface area contributed by atoms with Gasteiger partial charge in [-0.25, -0.2) is 0 Å². The normalized spacial score (nSPS) is 23.0. The van der Waals surface area contributed by atoms with E-state index < -0.39 is 5.60 Å². The fraction of sp³-hybridized carbons (Fsp3) is 0.625. The number of aryl methyl sites for hydroxylation is 1. The Morgan fingerprint density at radius 1 is 1.37 bits per heavy atom. The van der Waals surface area contributed by atoms with E-state index in [1.807, 2.05) is 12.1 Å². The van der Waals surface area contributed by atoms with Crippen molar-refractivity contribution in [3.8, 4) is 5.75 Å². The van der Waals surface area contributed by atoms with E-state index in [0.717, 1.165) is 30.6 Å². The van der Waals surface area contributed by atoms with Crippen LogP contribution in [0, 0.1) is 0 Å². The van der Waals surface area contributed by atoms with Crippen molar-refractivity contribution in [1.29, 1.82) is 0 Å². The minimum Gasteiger partial charge on any atom is -0.497 e. The fourth-order valence-electron chi connectivity index (χ4n) is 2.66. The molecule has 0 fully saturated rings. The van der Waals surface area contributed by atoms with Crippen LogP contribution in [0.15, 0.2) is 18.2 Å². The summed E-state index contributed by atoms with van der Waals surface area (Å²) in [5.74, 6) is 0.867. The first-order valence-electron chi connectivity index (χ1n) is 6.99. The smallest absolute Gasteiger partial charge is 0.119 e. The summed E-state index contributed by atoms with van der Waals surface area (Å²) in [6.45, 7) is 6.95. The van der Waals surface area contributed by atoms with E-state index in [1.165, 1.54) is 5.56 Å². The molecule has 1 aliphatic carbocycles. The molecule has 0 aliphatic heterocycles. The summed E-state index contributed by atoms with van der Waals surface area (Å²) >= 11 is 0. The van der Waals surface area contributed by atoms with E-state index in [-0.39, 0.29) is 5.54 Å². The summed E-state index contributed by atoms with van der Waals surface area (Å²) in [4.78, 5) is 0. The molecule has 19 heavy (non-hydrogen) atoms. The zero-order valence-corrected chi connectivity index (χ0v) is 12.4. The van der Waals surface area contributed by atoms with E-state index in [0.29, 0.717) is 6.54 Å². The number of rotatable bonds is 3. The molecule has 0 aromatic heterocycles. The topological polar surface area (TPSA) is 41.5 Å². The first-order chi connectivity index (χ1) is 8.84. The van der Waals surface area contributed by atoms with Crippen LogP contribution in [0.25, 0.3) is 0 Å². The average Bonchev–Trinajstić information content (AvgIpc) is 2.36. The molecule has 3 heteroatoms. The van der Waals surface area contributed by atoms with Crippen molar-refractivity contribution in [1.82, 2.24) is 5.32 Å². The molecule has 0 radical (unpaired) electrons. The van der Waals surface area contributed by atoms with Crippen LogP contribution in [0.5, 0.6) is 5.75 Å². The molecule has 0 heterocycles. The Balaban J connectivity index is 2.25. The number of fused-ring (bicyclic) bond motifs is 1. The minimum atomic E-state index is -0.757. The Morgan fingerprint density at radius 2 is 2.11 bits per heavy atom. The predicted molar refractivity (Wildman–Crippen MR) is 77.6 cm³/mol. The molecular weight excluding hydrogens is 238 g/mol. The first-order valence-corrected chi connectivity index (χ1v) is 6.99. The van der Waals surface area contributed by atoms with Gasteiger partial charge in [-0.05, 0) is 63.3 Å². The largest absolute Gasteiger partial charge is 0.497 e. The second-order valence-electron chi connectivity index (χ2n) is 6.51. The third kappa shape index (κ3) is 3.28. The van der Waals surface area contributed by atoms with Crippen molar-refractivity contribution < 1.29 is 9.84 Å². The van der Waals surface area contributed by atoms with Gasteiger partial charge >= 0.3 is 0 Å². The molecule has 0 bridgehead atoms. The Kier molecular flexibility index (Phi) is 3.88. The summed E-state index contributed by atoms with van der Waals surface area (Å²) in [5.41, 5.74) is 1.52. The summed E-state index contributed by atoms with van der Waals surface area (Å²) in [6, 6.07) is 6.00. The van der Waals surface area contributed by atoms with E-state index in [9.17, 15) is 5.11 Å². The Labute approximate surface area is 116 Å². The first kappa shape index (κ1) is 14.4. The number of hydrogen-bond acceptors (Lipinski definition) is 3. The molecule has 0 saturated carbocycles. The highest BCUT2D eigenvalue weighted by atomic mass is 16.5. The molecule has 2 N–H and O–H groups in total. The number of ether oxygens (including phenoxy) is 1. The highest BCUT2D eigenvalue weighted by Gasteiger charge is 2.35. The van der Waals surface area contributed by atoms with Gasteiger partial charge in [-0.3, -0.25) is 0 Å². The van der Waals surface area contributed by atoms with Gasteiger partial charge in [-0.15, -0.1) is 0 Å². The van der Waals surface area contributed by atoms with Gasteiger partial charge in [0.25, 0.3) is 0 Å². The number of aliphatic hydroxyl groups is 1. The van der Waals surface area contributed by atoms with Crippen LogP contribution in [-0.2, 0) is 12.0 Å². The Bertz CT molecular complexity index is 451. The van der Waals surface area contributed by atoms with Crippen LogP contribution in [-0.4, -0.2) is 24.3 Å². The second kappa shape index (κ2) is 5.14. The SMILES string of the molecule is COc1ccc2c(c1)CCCC2(O)CNC(C)(C)C. The number of benzene rings is 1. The third-order valence-corrected chi connectivity index (χ3v) is 3.76. The summed E-state index contributed by atoms with van der Waals surface area (Å²) < 4.78 is 5.27. The molecular formula is C16H25NO2. The fourth-order valence-corrected chi connectivity index (χ4v) is 2.66. The van der Waals surface area contributed by atoms with Gasteiger partial charge in [-0.2, -0.15) is 0 Å². The van der Waals surface area contributed by atoms with Crippen LogP contribution in [0.4, 0.5) is 0 Å². The van der Waals surface area contributed by atoms with Crippen LogP contribution >= 0.6 is 0 Å². The maximum atomic E-state index is 10.9. The maximum Gasteiger partial charge on any atom is 0.119 e. The molecule has 106 valence electrons. The molecule has 0 saturated heterocycles. The van der Waals surface area contributed by atoms with E-state index in [1.54, 1.807) is 7.11 Å². The van der Waals surface area contributed by atoms with Crippen LogP contribution in [0.3, 0.4) is 0 Å². The monoisotopic (exact) mass is 263 g/mol. The molecule has 1 unspecified atom stereocenters. The van der Waals surface area contributed by atoms with Crippen molar-refractivity contribution in [3.05, 3.63) is 29.3 Å². The lowest BCUT2D eigenvalue weighted by molar-refractivity contribution is 0.0136. The number of nitrogens with one attached hydrogen (secondary N) is 1. The highest BCUT2D eigenvalue weighted by molar-refractivity contribution is 5.41. The molecule has 0 spiro atoms. The molecule has 0 amide bonds. The zero-order chi connectivity index (χ0) is 14.1.